The van der Waals surface area contributed by atoms with E-state index >= 15 is 0 Å². The highest BCUT2D eigenvalue weighted by molar-refractivity contribution is 7.99. The molecule has 0 saturated heterocycles. The van der Waals surface area contributed by atoms with Crippen LogP contribution >= 0.6 is 11.8 Å². The van der Waals surface area contributed by atoms with Crippen molar-refractivity contribution in [3.8, 4) is 11.5 Å². The third-order valence-electron chi connectivity index (χ3n) is 4.35. The molecular formula is C22H25F3O4S. The highest BCUT2D eigenvalue weighted by Crippen LogP contribution is 2.31. The van der Waals surface area contributed by atoms with E-state index in [0.29, 0.717) is 18.1 Å². The molecule has 0 radical (unpaired) electrons. The van der Waals surface area contributed by atoms with Gasteiger partial charge in [0.05, 0.1) is 12.2 Å². The summed E-state index contributed by atoms with van der Waals surface area (Å²) in [6.45, 7) is 3.98. The molecule has 2 aromatic rings. The van der Waals surface area contributed by atoms with E-state index in [1.165, 1.54) is 12.1 Å². The van der Waals surface area contributed by atoms with Crippen molar-refractivity contribution >= 4 is 17.7 Å². The van der Waals surface area contributed by atoms with E-state index in [2.05, 4.69) is 6.92 Å². The smallest absolute Gasteiger partial charge is 0.416 e. The molecule has 0 aromatic heterocycles. The summed E-state index contributed by atoms with van der Waals surface area (Å²) < 4.78 is 48.9. The van der Waals surface area contributed by atoms with Gasteiger partial charge in [-0.1, -0.05) is 13.3 Å². The lowest BCUT2D eigenvalue weighted by atomic mass is 10.1. The number of aryl methyl sites for hydroxylation is 1. The van der Waals surface area contributed by atoms with Gasteiger partial charge in [0.25, 0.3) is 0 Å². The predicted molar refractivity (Wildman–Crippen MR) is 110 cm³/mol. The Hall–Kier alpha value is -2.35. The van der Waals surface area contributed by atoms with Crippen molar-refractivity contribution in [3.05, 3.63) is 53.6 Å². The van der Waals surface area contributed by atoms with Crippen LogP contribution in [0.3, 0.4) is 0 Å². The van der Waals surface area contributed by atoms with Crippen LogP contribution in [0.4, 0.5) is 13.2 Å². The van der Waals surface area contributed by atoms with Gasteiger partial charge in [0.1, 0.15) is 11.5 Å². The number of hydrogen-bond acceptors (Lipinski definition) is 4. The minimum absolute atomic E-state index is 0.241. The molecule has 164 valence electrons. The van der Waals surface area contributed by atoms with Gasteiger partial charge in [-0.2, -0.15) is 13.2 Å². The lowest BCUT2D eigenvalue weighted by molar-refractivity contribution is -0.139. The largest absolute Gasteiger partial charge is 0.493 e. The lowest BCUT2D eigenvalue weighted by Gasteiger charge is -2.17. The molecule has 1 atom stereocenters. The number of carboxylic acids is 1. The molecule has 2 rings (SSSR count). The van der Waals surface area contributed by atoms with Crippen LogP contribution in [0.2, 0.25) is 0 Å². The maximum Gasteiger partial charge on any atom is 0.416 e. The Kier molecular flexibility index (Phi) is 8.89. The van der Waals surface area contributed by atoms with Crippen LogP contribution in [0, 0.1) is 12.8 Å². The van der Waals surface area contributed by atoms with Crippen LogP contribution in [0.15, 0.2) is 47.4 Å². The Labute approximate surface area is 178 Å². The Morgan fingerprint density at radius 3 is 2.40 bits per heavy atom. The number of alkyl halides is 3. The van der Waals surface area contributed by atoms with Gasteiger partial charge in [-0.15, -0.1) is 11.8 Å². The molecule has 0 aliphatic rings. The highest BCUT2D eigenvalue weighted by atomic mass is 32.2. The quantitative estimate of drug-likeness (QED) is 0.429. The zero-order valence-corrected chi connectivity index (χ0v) is 17.7. The first-order chi connectivity index (χ1) is 14.2. The fraction of sp³-hybridized carbons (Fsp3) is 0.409. The molecule has 0 heterocycles. The molecule has 0 aliphatic carbocycles. The zero-order chi connectivity index (χ0) is 22.1. The molecule has 4 nitrogen and oxygen atoms in total. The average Bonchev–Trinajstić information content (AvgIpc) is 2.69. The number of benzene rings is 2. The second-order valence-electron chi connectivity index (χ2n) is 6.91. The van der Waals surface area contributed by atoms with Gasteiger partial charge in [-0.3, -0.25) is 0 Å². The molecule has 0 amide bonds. The van der Waals surface area contributed by atoms with Gasteiger partial charge in [0.15, 0.2) is 6.61 Å². The number of halogens is 3. The van der Waals surface area contributed by atoms with Gasteiger partial charge in [0.2, 0.25) is 0 Å². The van der Waals surface area contributed by atoms with Crippen molar-refractivity contribution in [1.29, 1.82) is 0 Å². The first-order valence-electron chi connectivity index (χ1n) is 9.57. The Morgan fingerprint density at radius 2 is 1.83 bits per heavy atom. The normalized spacial score (nSPS) is 12.4. The van der Waals surface area contributed by atoms with E-state index in [9.17, 15) is 18.0 Å². The van der Waals surface area contributed by atoms with E-state index in [1.54, 1.807) is 17.8 Å². The van der Waals surface area contributed by atoms with Gasteiger partial charge in [-0.25, -0.2) is 4.79 Å². The molecule has 0 saturated carbocycles. The van der Waals surface area contributed by atoms with Crippen molar-refractivity contribution in [2.45, 2.75) is 37.8 Å². The van der Waals surface area contributed by atoms with Crippen LogP contribution in [-0.4, -0.2) is 30.0 Å². The molecule has 1 unspecified atom stereocenters. The predicted octanol–water partition coefficient (Wildman–Crippen LogP) is 6.06. The van der Waals surface area contributed by atoms with Crippen LogP contribution in [0.1, 0.15) is 30.9 Å². The van der Waals surface area contributed by atoms with Crippen molar-refractivity contribution in [2.24, 2.45) is 5.92 Å². The minimum atomic E-state index is -4.35. The van der Waals surface area contributed by atoms with Gasteiger partial charge in [0, 0.05) is 16.6 Å². The van der Waals surface area contributed by atoms with E-state index in [4.69, 9.17) is 14.6 Å². The van der Waals surface area contributed by atoms with Gasteiger partial charge < -0.3 is 14.6 Å². The molecular weight excluding hydrogens is 417 g/mol. The summed E-state index contributed by atoms with van der Waals surface area (Å²) >= 11 is 1.66. The van der Waals surface area contributed by atoms with E-state index in [0.717, 1.165) is 41.2 Å². The third-order valence-corrected chi connectivity index (χ3v) is 5.57. The van der Waals surface area contributed by atoms with Crippen molar-refractivity contribution in [3.63, 3.8) is 0 Å². The molecule has 30 heavy (non-hydrogen) atoms. The first kappa shape index (κ1) is 23.9. The summed E-state index contributed by atoms with van der Waals surface area (Å²) in [5.41, 5.74) is 0.163. The second-order valence-corrected chi connectivity index (χ2v) is 8.00. The molecule has 8 heteroatoms. The first-order valence-corrected chi connectivity index (χ1v) is 10.6. The number of rotatable bonds is 11. The number of aliphatic carboxylic acids is 1. The fourth-order valence-corrected chi connectivity index (χ4v) is 3.92. The van der Waals surface area contributed by atoms with Crippen LogP contribution in [0.5, 0.6) is 11.5 Å². The Morgan fingerprint density at radius 1 is 1.13 bits per heavy atom. The Balaban J connectivity index is 1.89. The zero-order valence-electron chi connectivity index (χ0n) is 16.9. The maximum absolute atomic E-state index is 12.6. The van der Waals surface area contributed by atoms with Crippen LogP contribution in [-0.2, 0) is 11.0 Å². The number of ether oxygens (including phenoxy) is 2. The third kappa shape index (κ3) is 7.82. The molecule has 0 bridgehead atoms. The van der Waals surface area contributed by atoms with Crippen LogP contribution < -0.4 is 9.47 Å². The summed E-state index contributed by atoms with van der Waals surface area (Å²) in [5, 5.41) is 8.71. The summed E-state index contributed by atoms with van der Waals surface area (Å²) in [4.78, 5) is 11.7. The monoisotopic (exact) mass is 442 g/mol. The van der Waals surface area contributed by atoms with Gasteiger partial charge >= 0.3 is 12.1 Å². The number of carboxylic acid groups (broad SMARTS) is 1. The van der Waals surface area contributed by atoms with E-state index in [1.807, 2.05) is 19.1 Å². The van der Waals surface area contributed by atoms with Crippen molar-refractivity contribution in [2.75, 3.05) is 19.0 Å². The Bertz CT molecular complexity index is 822. The maximum atomic E-state index is 12.6. The molecule has 0 aliphatic heterocycles. The van der Waals surface area contributed by atoms with E-state index in [-0.39, 0.29) is 12.5 Å². The van der Waals surface area contributed by atoms with Crippen molar-refractivity contribution in [1.82, 2.24) is 0 Å². The molecule has 0 spiro atoms. The summed E-state index contributed by atoms with van der Waals surface area (Å²) in [5.74, 6) is 0.972. The summed E-state index contributed by atoms with van der Waals surface area (Å²) in [7, 11) is 0. The fourth-order valence-electron chi connectivity index (χ4n) is 2.80. The average molecular weight is 442 g/mol. The molecule has 1 N–H and O–H groups in total. The van der Waals surface area contributed by atoms with Crippen molar-refractivity contribution < 1.29 is 32.5 Å². The molecule has 0 fully saturated rings. The number of hydrogen-bond donors (Lipinski definition) is 1. The number of thioether (sulfide) groups is 1. The van der Waals surface area contributed by atoms with Crippen LogP contribution in [0.25, 0.3) is 0 Å². The minimum Gasteiger partial charge on any atom is -0.493 e. The lowest BCUT2D eigenvalue weighted by Crippen LogP contribution is -2.15. The molecule has 2 aromatic carbocycles. The standard InChI is InChI=1S/C22H25F3O4S/c1-3-4-16(12-28-18-7-5-17(6-8-18)22(23,24)25)14-30-19-9-10-20(15(2)11-19)29-13-21(26)27/h5-11,16H,3-4,12-14H2,1-2H3,(H,26,27). The summed E-state index contributed by atoms with van der Waals surface area (Å²) in [6.07, 6.45) is -2.44. The summed E-state index contributed by atoms with van der Waals surface area (Å²) in [6, 6.07) is 10.3. The SMILES string of the molecule is CCCC(COc1ccc(C(F)(F)F)cc1)CSc1ccc(OCC(=O)O)c(C)c1. The van der Waals surface area contributed by atoms with Gasteiger partial charge in [-0.05, 0) is 61.4 Å². The number of carbonyl (C=O) groups is 1. The highest BCUT2D eigenvalue weighted by Gasteiger charge is 2.30. The second kappa shape index (κ2) is 11.2. The van der Waals surface area contributed by atoms with E-state index < -0.39 is 17.7 Å². The topological polar surface area (TPSA) is 55.8 Å².